The zero-order chi connectivity index (χ0) is 22.2. The average molecular weight is 462 g/mol. The molecular formula is C20H19N3O6S2. The molecule has 2 amide bonds. The quantitative estimate of drug-likeness (QED) is 0.391. The summed E-state index contributed by atoms with van der Waals surface area (Å²) < 4.78 is 15.2. The number of carbonyl (C=O) groups excluding carboxylic acids is 3. The normalized spacial score (nSPS) is 10.3. The number of benzene rings is 1. The van der Waals surface area contributed by atoms with E-state index in [4.69, 9.17) is 14.2 Å². The van der Waals surface area contributed by atoms with Crippen molar-refractivity contribution in [2.75, 3.05) is 20.8 Å². The predicted octanol–water partition coefficient (Wildman–Crippen LogP) is 2.44. The molecule has 0 spiro atoms. The van der Waals surface area contributed by atoms with E-state index in [2.05, 4.69) is 15.8 Å². The Hall–Kier alpha value is -3.44. The lowest BCUT2D eigenvalue weighted by molar-refractivity contribution is -0.148. The molecule has 2 heterocycles. The molecular weight excluding hydrogens is 442 g/mol. The highest BCUT2D eigenvalue weighted by atomic mass is 32.1. The molecule has 0 atom stereocenters. The number of hydrogen-bond donors (Lipinski definition) is 2. The van der Waals surface area contributed by atoms with Gasteiger partial charge in [-0.25, -0.2) is 4.98 Å². The van der Waals surface area contributed by atoms with Gasteiger partial charge in [0.2, 0.25) is 0 Å². The Morgan fingerprint density at radius 2 is 1.84 bits per heavy atom. The van der Waals surface area contributed by atoms with Crippen LogP contribution in [0.1, 0.15) is 16.1 Å². The van der Waals surface area contributed by atoms with E-state index in [9.17, 15) is 14.4 Å². The van der Waals surface area contributed by atoms with E-state index in [1.165, 1.54) is 37.7 Å². The van der Waals surface area contributed by atoms with E-state index in [1.54, 1.807) is 22.8 Å². The van der Waals surface area contributed by atoms with E-state index in [0.29, 0.717) is 17.2 Å². The average Bonchev–Trinajstić information content (AvgIpc) is 3.47. The van der Waals surface area contributed by atoms with Crippen molar-refractivity contribution in [2.24, 2.45) is 0 Å². The number of methoxy groups -OCH3 is 2. The first-order chi connectivity index (χ1) is 15.0. The van der Waals surface area contributed by atoms with Gasteiger partial charge in [0.05, 0.1) is 26.3 Å². The van der Waals surface area contributed by atoms with E-state index >= 15 is 0 Å². The van der Waals surface area contributed by atoms with Crippen molar-refractivity contribution in [2.45, 2.75) is 6.42 Å². The van der Waals surface area contributed by atoms with Crippen LogP contribution in [-0.2, 0) is 20.7 Å². The Kier molecular flexibility index (Phi) is 7.57. The van der Waals surface area contributed by atoms with Crippen LogP contribution in [-0.4, -0.2) is 43.6 Å². The molecule has 11 heteroatoms. The third-order valence-corrected chi connectivity index (χ3v) is 5.59. The maximum Gasteiger partial charge on any atom is 0.312 e. The minimum atomic E-state index is -0.681. The topological polar surface area (TPSA) is 116 Å². The second-order valence-electron chi connectivity index (χ2n) is 6.07. The van der Waals surface area contributed by atoms with Crippen LogP contribution in [0.2, 0.25) is 0 Å². The molecule has 0 saturated carbocycles. The maximum absolute atomic E-state index is 12.2. The summed E-state index contributed by atoms with van der Waals surface area (Å²) in [5.74, 6) is -0.996. The van der Waals surface area contributed by atoms with Crippen molar-refractivity contribution < 1.29 is 28.6 Å². The summed E-state index contributed by atoms with van der Waals surface area (Å²) in [5, 5.41) is 6.52. The number of nitrogens with one attached hydrogen (secondary N) is 2. The Balaban J connectivity index is 1.42. The zero-order valence-corrected chi connectivity index (χ0v) is 18.3. The first-order valence-electron chi connectivity index (χ1n) is 8.94. The largest absolute Gasteiger partial charge is 0.493 e. The van der Waals surface area contributed by atoms with Gasteiger partial charge in [0.1, 0.15) is 5.01 Å². The number of amides is 2. The number of aromatic nitrogens is 1. The number of hydrazine groups is 1. The Labute approximate surface area is 185 Å². The summed E-state index contributed by atoms with van der Waals surface area (Å²) in [6, 6.07) is 6.51. The molecule has 9 nitrogen and oxygen atoms in total. The second-order valence-corrected chi connectivity index (χ2v) is 7.70. The summed E-state index contributed by atoms with van der Waals surface area (Å²) >= 11 is 3.00. The molecule has 2 N–H and O–H groups in total. The molecule has 0 unspecified atom stereocenters. The molecule has 0 aliphatic heterocycles. The highest BCUT2D eigenvalue weighted by Gasteiger charge is 2.14. The number of carbonyl (C=O) groups is 3. The fourth-order valence-electron chi connectivity index (χ4n) is 2.46. The van der Waals surface area contributed by atoms with E-state index < -0.39 is 24.4 Å². The van der Waals surface area contributed by atoms with Crippen LogP contribution < -0.4 is 20.3 Å². The summed E-state index contributed by atoms with van der Waals surface area (Å²) in [5.41, 5.74) is 6.25. The number of nitrogens with zero attached hydrogens (tertiary/aromatic N) is 1. The molecule has 3 rings (SSSR count). The standard InChI is InChI=1S/C20H19N3O6S2/c1-27-15-4-3-12(7-16(15)28-2)19(26)23-22-17(24)9-29-18(25)8-14-11-31-20(21-14)13-5-6-30-10-13/h3-7,10-11H,8-9H2,1-2H3,(H,22,24)(H,23,26). The van der Waals surface area contributed by atoms with Crippen molar-refractivity contribution in [3.8, 4) is 22.1 Å². The Morgan fingerprint density at radius 1 is 1.03 bits per heavy atom. The fourth-order valence-corrected chi connectivity index (χ4v) is 4.00. The van der Waals surface area contributed by atoms with E-state index in [1.807, 2.05) is 16.8 Å². The maximum atomic E-state index is 12.2. The van der Waals surface area contributed by atoms with Crippen LogP contribution in [0.5, 0.6) is 11.5 Å². The van der Waals surface area contributed by atoms with Gasteiger partial charge >= 0.3 is 5.97 Å². The van der Waals surface area contributed by atoms with Gasteiger partial charge in [-0.05, 0) is 29.6 Å². The number of esters is 1. The molecule has 0 aliphatic carbocycles. The number of thiazole rings is 1. The summed E-state index contributed by atoms with van der Waals surface area (Å²) in [7, 11) is 2.93. The third kappa shape index (κ3) is 6.03. The van der Waals surface area contributed by atoms with Gasteiger partial charge < -0.3 is 14.2 Å². The van der Waals surface area contributed by atoms with Crippen molar-refractivity contribution in [3.05, 3.63) is 51.7 Å². The van der Waals surface area contributed by atoms with E-state index in [0.717, 1.165) is 10.6 Å². The lowest BCUT2D eigenvalue weighted by Gasteiger charge is -2.10. The second kappa shape index (κ2) is 10.5. The van der Waals surface area contributed by atoms with Gasteiger partial charge in [-0.2, -0.15) is 11.3 Å². The van der Waals surface area contributed by atoms with Crippen LogP contribution in [0.3, 0.4) is 0 Å². The van der Waals surface area contributed by atoms with E-state index in [-0.39, 0.29) is 12.0 Å². The van der Waals surface area contributed by atoms with Gasteiger partial charge in [0, 0.05) is 21.9 Å². The molecule has 1 aromatic carbocycles. The van der Waals surface area contributed by atoms with Crippen molar-refractivity contribution in [1.82, 2.24) is 15.8 Å². The minimum absolute atomic E-state index is 0.0497. The van der Waals surface area contributed by atoms with Gasteiger partial charge in [-0.1, -0.05) is 0 Å². The number of thiophene rings is 1. The number of hydrogen-bond acceptors (Lipinski definition) is 9. The number of rotatable bonds is 8. The summed E-state index contributed by atoms with van der Waals surface area (Å²) in [6.45, 7) is -0.535. The highest BCUT2D eigenvalue weighted by Crippen LogP contribution is 2.27. The van der Waals surface area contributed by atoms with Gasteiger partial charge in [0.15, 0.2) is 18.1 Å². The van der Waals surface area contributed by atoms with Crippen molar-refractivity contribution in [3.63, 3.8) is 0 Å². The monoisotopic (exact) mass is 461 g/mol. The summed E-state index contributed by atoms with van der Waals surface area (Å²) in [4.78, 5) is 40.4. The van der Waals surface area contributed by atoms with Gasteiger partial charge in [-0.3, -0.25) is 25.2 Å². The first kappa shape index (κ1) is 22.2. The molecule has 162 valence electrons. The zero-order valence-electron chi connectivity index (χ0n) is 16.7. The van der Waals surface area contributed by atoms with Gasteiger partial charge in [0.25, 0.3) is 11.8 Å². The SMILES string of the molecule is COc1ccc(C(=O)NNC(=O)COC(=O)Cc2csc(-c3ccsc3)n2)cc1OC. The Morgan fingerprint density at radius 3 is 2.55 bits per heavy atom. The van der Waals surface area contributed by atoms with Crippen LogP contribution in [0.15, 0.2) is 40.4 Å². The fraction of sp³-hybridized carbons (Fsp3) is 0.200. The van der Waals surface area contributed by atoms with Gasteiger partial charge in [-0.15, -0.1) is 11.3 Å². The smallest absolute Gasteiger partial charge is 0.312 e. The molecule has 31 heavy (non-hydrogen) atoms. The Bertz CT molecular complexity index is 1060. The molecule has 0 saturated heterocycles. The number of ether oxygens (including phenoxy) is 3. The third-order valence-electron chi connectivity index (χ3n) is 3.97. The molecule has 0 aliphatic rings. The first-order valence-corrected chi connectivity index (χ1v) is 10.8. The van der Waals surface area contributed by atoms with Crippen LogP contribution in [0, 0.1) is 0 Å². The molecule has 0 bridgehead atoms. The molecule has 0 radical (unpaired) electrons. The van der Waals surface area contributed by atoms with Crippen LogP contribution >= 0.6 is 22.7 Å². The molecule has 2 aromatic heterocycles. The van der Waals surface area contributed by atoms with Crippen LogP contribution in [0.25, 0.3) is 10.6 Å². The van der Waals surface area contributed by atoms with Crippen molar-refractivity contribution >= 4 is 40.5 Å². The lowest BCUT2D eigenvalue weighted by atomic mass is 10.2. The summed E-state index contributed by atoms with van der Waals surface area (Å²) in [6.07, 6.45) is -0.0497. The highest BCUT2D eigenvalue weighted by molar-refractivity contribution is 7.14. The van der Waals surface area contributed by atoms with Crippen LogP contribution in [0.4, 0.5) is 0 Å². The van der Waals surface area contributed by atoms with Crippen molar-refractivity contribution in [1.29, 1.82) is 0 Å². The predicted molar refractivity (Wildman–Crippen MR) is 115 cm³/mol. The molecule has 3 aromatic rings. The minimum Gasteiger partial charge on any atom is -0.493 e. The lowest BCUT2D eigenvalue weighted by Crippen LogP contribution is -2.43. The molecule has 0 fully saturated rings.